The minimum absolute atomic E-state index is 0.136. The van der Waals surface area contributed by atoms with E-state index in [2.05, 4.69) is 41.0 Å². The molecule has 0 amide bonds. The molecule has 6 heterocycles. The van der Waals surface area contributed by atoms with E-state index in [0.29, 0.717) is 72.8 Å². The van der Waals surface area contributed by atoms with E-state index >= 15 is 4.79 Å². The fraction of sp³-hybridized carbons (Fsp3) is 0.0370. The van der Waals surface area contributed by atoms with Crippen molar-refractivity contribution in [3.8, 4) is 89.5 Å². The molecule has 0 bridgehead atoms. The van der Waals surface area contributed by atoms with Crippen molar-refractivity contribution in [2.75, 3.05) is 24.9 Å². The Balaban J connectivity index is 0.953. The summed E-state index contributed by atoms with van der Waals surface area (Å²) in [4.78, 5) is 36.9. The van der Waals surface area contributed by atoms with Crippen LogP contribution in [0, 0.1) is 0 Å². The monoisotopic (exact) mass is 998 g/mol. The number of aromatic nitrogens is 10. The number of ether oxygens (including phenoxy) is 3. The van der Waals surface area contributed by atoms with E-state index in [0.717, 1.165) is 44.7 Å². The van der Waals surface area contributed by atoms with Crippen LogP contribution in [-0.2, 0) is 0 Å². The fourth-order valence-electron chi connectivity index (χ4n) is 8.73. The Kier molecular flexibility index (Phi) is 11.5. The summed E-state index contributed by atoms with van der Waals surface area (Å²) < 4.78 is 20.5. The van der Waals surface area contributed by atoms with Crippen LogP contribution in [-0.4, -0.2) is 63.8 Å². The molecule has 4 N–H and O–H groups in total. The van der Waals surface area contributed by atoms with Gasteiger partial charge in [-0.1, -0.05) is 156 Å². The fourth-order valence-corrected chi connectivity index (χ4v) is 9.79. The van der Waals surface area contributed by atoms with E-state index in [1.54, 1.807) is 43.0 Å². The van der Waals surface area contributed by atoms with Crippen LogP contribution in [0.4, 0.5) is 21.9 Å². The number of hydrogen-bond acceptors (Lipinski definition) is 15. The van der Waals surface area contributed by atoms with E-state index < -0.39 is 5.56 Å². The number of hydrogen-bond donors (Lipinski definition) is 4. The lowest BCUT2D eigenvalue weighted by atomic mass is 10.0. The summed E-state index contributed by atoms with van der Waals surface area (Å²) in [6.45, 7) is 0. The number of methoxy groups -OCH3 is 2. The highest BCUT2D eigenvalue weighted by atomic mass is 32.1. The van der Waals surface area contributed by atoms with Gasteiger partial charge in [-0.25, -0.2) is 0 Å². The van der Waals surface area contributed by atoms with Gasteiger partial charge in [-0.2, -0.15) is 19.2 Å². The van der Waals surface area contributed by atoms with Crippen molar-refractivity contribution in [1.82, 2.24) is 49.6 Å². The Hall–Kier alpha value is -9.72. The van der Waals surface area contributed by atoms with Gasteiger partial charge in [0.05, 0.1) is 36.5 Å². The molecule has 12 aromatic rings. The lowest BCUT2D eigenvalue weighted by Gasteiger charge is -2.14. The number of benzene rings is 6. The normalized spacial score (nSPS) is 11.3. The first kappa shape index (κ1) is 44.5. The maximum absolute atomic E-state index is 15.0. The summed E-state index contributed by atoms with van der Waals surface area (Å²) in [5.41, 5.74) is 9.50. The van der Waals surface area contributed by atoms with Gasteiger partial charge in [-0.15, -0.1) is 15.3 Å². The van der Waals surface area contributed by atoms with Crippen LogP contribution in [0.15, 0.2) is 179 Å². The Morgan fingerprint density at radius 2 is 0.986 bits per heavy atom. The molecular formula is C54H38N12O5S2. The van der Waals surface area contributed by atoms with Gasteiger partial charge in [0.2, 0.25) is 10.3 Å². The van der Waals surface area contributed by atoms with Crippen LogP contribution >= 0.6 is 22.7 Å². The van der Waals surface area contributed by atoms with Crippen molar-refractivity contribution >= 4 is 55.9 Å². The van der Waals surface area contributed by atoms with Crippen molar-refractivity contribution in [3.63, 3.8) is 0 Å². The third-order valence-electron chi connectivity index (χ3n) is 12.0. The van der Waals surface area contributed by atoms with E-state index in [1.165, 1.54) is 27.5 Å². The highest BCUT2D eigenvalue weighted by molar-refractivity contribution is 7.17. The SMILES string of the molecule is COc1ccc(-c2c(Nc3nnc(Oc4cc(-c5c(Nc6nncs6)[nH]c6c(-c7ccccc7)c(-c7ccccc7)nn6c5=O)ccc4OC)s3)[nH]c3c(-c4ccccc4)c(-c4ccccc4)nn3c2=O)cc1. The summed E-state index contributed by atoms with van der Waals surface area (Å²) >= 11 is 2.37. The van der Waals surface area contributed by atoms with Crippen molar-refractivity contribution in [1.29, 1.82) is 0 Å². The number of nitrogens with one attached hydrogen (secondary N) is 4. The van der Waals surface area contributed by atoms with Gasteiger partial charge in [0.1, 0.15) is 45.6 Å². The van der Waals surface area contributed by atoms with Crippen molar-refractivity contribution in [3.05, 3.63) is 190 Å². The third-order valence-corrected chi connectivity index (χ3v) is 13.4. The second-order valence-electron chi connectivity index (χ2n) is 16.4. The predicted octanol–water partition coefficient (Wildman–Crippen LogP) is 11.4. The standard InChI is InChI=1S/C54H38N12O5S2/c1-69-37-26-23-33(24-27-37)42-46(56-48-40(31-15-7-3-8-16-31)44(63-65(48)50(42)67)34-19-11-5-12-20-34)59-53-61-62-54(73-53)71-39-29-36(25-28-38(39)70-2)43-47(58-52-60-55-30-72-52)57-49-41(32-17-9-4-10-18-32)45(64-66(49)51(43)68)35-21-13-6-14-22-35/h3-30,56-57H,1-2H3,(H,58,60)(H,59,61). The number of anilines is 4. The van der Waals surface area contributed by atoms with Crippen molar-refractivity contribution in [2.45, 2.75) is 0 Å². The lowest BCUT2D eigenvalue weighted by molar-refractivity contribution is 0.377. The first-order valence-corrected chi connectivity index (χ1v) is 24.4. The molecular weight excluding hydrogens is 961 g/mol. The number of H-pyrrole nitrogens is 2. The minimum Gasteiger partial charge on any atom is -0.497 e. The molecule has 0 aliphatic rings. The summed E-state index contributed by atoms with van der Waals surface area (Å²) in [6, 6.07) is 51.4. The van der Waals surface area contributed by atoms with Crippen LogP contribution in [0.3, 0.4) is 0 Å². The molecule has 6 aromatic heterocycles. The van der Waals surface area contributed by atoms with E-state index in [1.807, 2.05) is 133 Å². The number of nitrogens with zero attached hydrogens (tertiary/aromatic N) is 8. The average molecular weight is 999 g/mol. The Bertz CT molecular complexity index is 4070. The summed E-state index contributed by atoms with van der Waals surface area (Å²) in [6.07, 6.45) is 0. The number of fused-ring (bicyclic) bond motifs is 2. The van der Waals surface area contributed by atoms with E-state index in [9.17, 15) is 4.79 Å². The van der Waals surface area contributed by atoms with Gasteiger partial charge < -0.3 is 34.8 Å². The lowest BCUT2D eigenvalue weighted by Crippen LogP contribution is -2.19. The number of rotatable bonds is 14. The smallest absolute Gasteiger partial charge is 0.301 e. The Morgan fingerprint density at radius 3 is 1.49 bits per heavy atom. The largest absolute Gasteiger partial charge is 0.497 e. The topological polar surface area (TPSA) is 204 Å². The molecule has 0 unspecified atom stereocenters. The zero-order chi connectivity index (χ0) is 49.4. The molecule has 0 radical (unpaired) electrons. The summed E-state index contributed by atoms with van der Waals surface area (Å²) in [5, 5.41) is 34.5. The van der Waals surface area contributed by atoms with E-state index in [-0.39, 0.29) is 22.1 Å². The van der Waals surface area contributed by atoms with Gasteiger partial charge in [-0.05, 0) is 57.9 Å². The molecule has 0 saturated carbocycles. The van der Waals surface area contributed by atoms with Gasteiger partial charge in [0, 0.05) is 11.1 Å². The molecule has 0 fully saturated rings. The highest BCUT2D eigenvalue weighted by Crippen LogP contribution is 2.42. The average Bonchev–Trinajstić information content (AvgIpc) is 4.28. The molecule has 356 valence electrons. The second kappa shape index (κ2) is 18.9. The van der Waals surface area contributed by atoms with Gasteiger partial charge in [0.25, 0.3) is 11.1 Å². The van der Waals surface area contributed by atoms with Gasteiger partial charge in [-0.3, -0.25) is 9.59 Å². The first-order valence-electron chi connectivity index (χ1n) is 22.7. The predicted molar refractivity (Wildman–Crippen MR) is 284 cm³/mol. The first-order chi connectivity index (χ1) is 35.9. The van der Waals surface area contributed by atoms with Crippen LogP contribution in [0.2, 0.25) is 0 Å². The minimum atomic E-state index is -0.415. The highest BCUT2D eigenvalue weighted by Gasteiger charge is 2.26. The van der Waals surface area contributed by atoms with Crippen LogP contribution < -0.4 is 36.0 Å². The quantitative estimate of drug-likeness (QED) is 0.0802. The molecule has 0 atom stereocenters. The Morgan fingerprint density at radius 1 is 0.493 bits per heavy atom. The Labute approximate surface area is 422 Å². The molecule has 0 aliphatic heterocycles. The molecule has 12 rings (SSSR count). The molecule has 0 saturated heterocycles. The molecule has 73 heavy (non-hydrogen) atoms. The zero-order valence-electron chi connectivity index (χ0n) is 38.6. The summed E-state index contributed by atoms with van der Waals surface area (Å²) in [7, 11) is 3.10. The zero-order valence-corrected chi connectivity index (χ0v) is 40.2. The maximum Gasteiger partial charge on any atom is 0.301 e. The van der Waals surface area contributed by atoms with Gasteiger partial charge >= 0.3 is 5.19 Å². The molecule has 0 aliphatic carbocycles. The number of aromatic amines is 2. The van der Waals surface area contributed by atoms with Crippen molar-refractivity contribution < 1.29 is 14.2 Å². The maximum atomic E-state index is 15.0. The van der Waals surface area contributed by atoms with Crippen LogP contribution in [0.25, 0.3) is 78.3 Å². The van der Waals surface area contributed by atoms with Gasteiger partial charge in [0.15, 0.2) is 11.5 Å². The third kappa shape index (κ3) is 8.28. The van der Waals surface area contributed by atoms with Crippen molar-refractivity contribution in [2.24, 2.45) is 0 Å². The van der Waals surface area contributed by atoms with Crippen LogP contribution in [0.5, 0.6) is 22.4 Å². The molecule has 19 heteroatoms. The second-order valence-corrected chi connectivity index (χ2v) is 18.1. The van der Waals surface area contributed by atoms with Crippen LogP contribution in [0.1, 0.15) is 0 Å². The molecule has 6 aromatic carbocycles. The molecule has 0 spiro atoms. The van der Waals surface area contributed by atoms with E-state index in [4.69, 9.17) is 24.4 Å². The molecule has 17 nitrogen and oxygen atoms in total. The summed E-state index contributed by atoms with van der Waals surface area (Å²) in [5.74, 6) is 1.93.